The van der Waals surface area contributed by atoms with Crippen molar-refractivity contribution in [2.45, 2.75) is 20.0 Å². The van der Waals surface area contributed by atoms with E-state index in [0.29, 0.717) is 22.2 Å². The summed E-state index contributed by atoms with van der Waals surface area (Å²) in [4.78, 5) is 15.9. The quantitative estimate of drug-likeness (QED) is 0.472. The third-order valence-corrected chi connectivity index (χ3v) is 5.33. The van der Waals surface area contributed by atoms with E-state index in [9.17, 15) is 10.1 Å². The summed E-state index contributed by atoms with van der Waals surface area (Å²) in [5.74, 6) is 6.10. The lowest BCUT2D eigenvalue weighted by Crippen LogP contribution is -2.21. The molecule has 1 atom stereocenters. The van der Waals surface area contributed by atoms with Crippen molar-refractivity contribution >= 4 is 50.2 Å². The fourth-order valence-electron chi connectivity index (χ4n) is 2.49. The number of nitrogens with zero attached hydrogens (tertiary/aromatic N) is 3. The number of carbonyl (C=O) groups excluding carboxylic acids is 1. The Morgan fingerprint density at radius 2 is 2.27 bits per heavy atom. The molecule has 2 heterocycles. The van der Waals surface area contributed by atoms with E-state index >= 15 is 0 Å². The summed E-state index contributed by atoms with van der Waals surface area (Å²) in [6.07, 6.45) is 1.45. The molecule has 2 aromatic rings. The first-order chi connectivity index (χ1) is 12.0. The van der Waals surface area contributed by atoms with Crippen LogP contribution in [0.1, 0.15) is 25.0 Å². The lowest BCUT2D eigenvalue weighted by Gasteiger charge is -2.14. The zero-order valence-corrected chi connectivity index (χ0v) is 15.9. The maximum Gasteiger partial charge on any atom is 0.235 e. The van der Waals surface area contributed by atoms with Crippen LogP contribution in [0.25, 0.3) is 10.9 Å². The van der Waals surface area contributed by atoms with Crippen LogP contribution in [0.15, 0.2) is 29.5 Å². The molecule has 0 saturated carbocycles. The van der Waals surface area contributed by atoms with E-state index < -0.39 is 10.5 Å². The van der Waals surface area contributed by atoms with E-state index in [0.717, 1.165) is 16.5 Å². The zero-order valence-electron chi connectivity index (χ0n) is 14.2. The minimum Gasteiger partial charge on any atom is -0.489 e. The molecule has 1 saturated heterocycles. The van der Waals surface area contributed by atoms with Crippen molar-refractivity contribution < 1.29 is 9.53 Å². The summed E-state index contributed by atoms with van der Waals surface area (Å²) in [5, 5.41) is 18.8. The van der Waals surface area contributed by atoms with E-state index in [1.807, 2.05) is 37.4 Å². The van der Waals surface area contributed by atoms with Gasteiger partial charge in [0.15, 0.2) is 5.17 Å². The molecular formula is C17H18ClN5O2S. The topological polar surface area (TPSA) is 113 Å². The maximum atomic E-state index is 11.6. The molecule has 1 fully saturated rings. The van der Waals surface area contributed by atoms with Gasteiger partial charge in [-0.3, -0.25) is 9.78 Å². The second kappa shape index (κ2) is 8.17. The molecular weight excluding hydrogens is 374 g/mol. The van der Waals surface area contributed by atoms with Crippen LogP contribution in [-0.2, 0) is 4.79 Å². The number of aromatic nitrogens is 1. The molecule has 0 radical (unpaired) electrons. The number of carbonyl (C=O) groups is 1. The van der Waals surface area contributed by atoms with Gasteiger partial charge in [-0.15, -0.1) is 22.9 Å². The molecule has 0 aliphatic carbocycles. The Balaban J connectivity index is 0.00000243. The van der Waals surface area contributed by atoms with Crippen LogP contribution in [0.2, 0.25) is 0 Å². The molecule has 1 aromatic carbocycles. The van der Waals surface area contributed by atoms with Gasteiger partial charge >= 0.3 is 0 Å². The fourth-order valence-corrected chi connectivity index (χ4v) is 4.04. The molecule has 0 bridgehead atoms. The third kappa shape index (κ3) is 3.95. The van der Waals surface area contributed by atoms with Crippen LogP contribution in [0.4, 0.5) is 0 Å². The number of amides is 1. The summed E-state index contributed by atoms with van der Waals surface area (Å²) >= 11 is 0. The molecule has 1 amide bonds. The molecule has 9 heteroatoms. The molecule has 3 rings (SSSR count). The van der Waals surface area contributed by atoms with E-state index in [1.165, 1.54) is 6.20 Å². The highest BCUT2D eigenvalue weighted by Gasteiger charge is 2.21. The molecule has 3 N–H and O–H groups in total. The summed E-state index contributed by atoms with van der Waals surface area (Å²) in [7, 11) is -0.500. The summed E-state index contributed by atoms with van der Waals surface area (Å²) < 4.78 is 5.85. The van der Waals surface area contributed by atoms with Gasteiger partial charge in [0.1, 0.15) is 17.4 Å². The van der Waals surface area contributed by atoms with Gasteiger partial charge in [-0.2, -0.15) is 10.4 Å². The number of fused-ring (bicyclic) bond motifs is 1. The number of pyridine rings is 1. The average Bonchev–Trinajstić information content (AvgIpc) is 2.94. The minimum absolute atomic E-state index is 0. The van der Waals surface area contributed by atoms with Crippen molar-refractivity contribution in [3.05, 3.63) is 35.5 Å². The van der Waals surface area contributed by atoms with Crippen LogP contribution in [0.5, 0.6) is 5.75 Å². The molecule has 26 heavy (non-hydrogen) atoms. The normalized spacial score (nSPS) is 18.0. The van der Waals surface area contributed by atoms with Gasteiger partial charge in [0.05, 0.1) is 17.4 Å². The third-order valence-electron chi connectivity index (χ3n) is 3.49. The van der Waals surface area contributed by atoms with Gasteiger partial charge in [-0.1, -0.05) is 6.07 Å². The molecule has 1 aliphatic heterocycles. The van der Waals surface area contributed by atoms with Crippen LogP contribution >= 0.6 is 22.9 Å². The highest BCUT2D eigenvalue weighted by molar-refractivity contribution is 8.29. The minimum atomic E-state index is -0.500. The number of halogens is 1. The molecule has 0 spiro atoms. The van der Waals surface area contributed by atoms with Gasteiger partial charge in [0, 0.05) is 11.6 Å². The lowest BCUT2D eigenvalue weighted by atomic mass is 10.1. The number of nitriles is 1. The van der Waals surface area contributed by atoms with Gasteiger partial charge in [-0.05, 0) is 36.9 Å². The van der Waals surface area contributed by atoms with Crippen LogP contribution in [0, 0.1) is 11.3 Å². The lowest BCUT2D eigenvalue weighted by molar-refractivity contribution is -0.116. The number of hydrazone groups is 1. The molecule has 1 aliphatic rings. The highest BCUT2D eigenvalue weighted by Crippen LogP contribution is 2.30. The van der Waals surface area contributed by atoms with Gasteiger partial charge in [-0.25, -0.2) is 0 Å². The summed E-state index contributed by atoms with van der Waals surface area (Å²) in [5.41, 5.74) is 2.02. The van der Waals surface area contributed by atoms with E-state index in [-0.39, 0.29) is 24.4 Å². The van der Waals surface area contributed by atoms with Crippen LogP contribution in [-0.4, -0.2) is 33.3 Å². The first-order valence-electron chi connectivity index (χ1n) is 7.63. The SMILES string of the molecule is CC(C)Oc1c(C#N)cnc2ccc(/C=S3/CC(=O)NC3=NN)cc12.Cl. The number of hydrogen-bond donors (Lipinski definition) is 2. The van der Waals surface area contributed by atoms with Crippen molar-refractivity contribution in [1.29, 1.82) is 5.26 Å². The molecule has 7 nitrogen and oxygen atoms in total. The number of hydrogen-bond acceptors (Lipinski definition) is 6. The molecule has 136 valence electrons. The Kier molecular flexibility index (Phi) is 6.18. The Hall–Kier alpha value is -2.63. The van der Waals surface area contributed by atoms with Crippen molar-refractivity contribution in [2.75, 3.05) is 5.75 Å². The molecule has 1 unspecified atom stereocenters. The largest absolute Gasteiger partial charge is 0.489 e. The molecule has 1 aromatic heterocycles. The van der Waals surface area contributed by atoms with E-state index in [1.54, 1.807) is 0 Å². The van der Waals surface area contributed by atoms with Crippen molar-refractivity contribution in [1.82, 2.24) is 10.3 Å². The van der Waals surface area contributed by atoms with Crippen LogP contribution in [0.3, 0.4) is 0 Å². The second-order valence-electron chi connectivity index (χ2n) is 5.73. The predicted molar refractivity (Wildman–Crippen MR) is 107 cm³/mol. The maximum absolute atomic E-state index is 11.6. The van der Waals surface area contributed by atoms with Gasteiger partial charge < -0.3 is 15.9 Å². The van der Waals surface area contributed by atoms with Crippen LogP contribution < -0.4 is 15.9 Å². The smallest absolute Gasteiger partial charge is 0.235 e. The van der Waals surface area contributed by atoms with E-state index in [4.69, 9.17) is 10.6 Å². The number of nitrogens with two attached hydrogens (primary N) is 1. The van der Waals surface area contributed by atoms with Crippen molar-refractivity contribution in [3.8, 4) is 11.8 Å². The van der Waals surface area contributed by atoms with Crippen molar-refractivity contribution in [3.63, 3.8) is 0 Å². The Bertz CT molecular complexity index is 966. The van der Waals surface area contributed by atoms with Gasteiger partial charge in [0.25, 0.3) is 0 Å². The van der Waals surface area contributed by atoms with E-state index in [2.05, 4.69) is 21.5 Å². The summed E-state index contributed by atoms with van der Waals surface area (Å²) in [6.45, 7) is 3.81. The first kappa shape index (κ1) is 19.7. The van der Waals surface area contributed by atoms with Crippen molar-refractivity contribution in [2.24, 2.45) is 10.9 Å². The number of amidine groups is 1. The first-order valence-corrected chi connectivity index (χ1v) is 9.09. The number of benzene rings is 1. The highest BCUT2D eigenvalue weighted by atomic mass is 35.5. The average molecular weight is 392 g/mol. The Labute approximate surface area is 159 Å². The number of rotatable bonds is 3. The Morgan fingerprint density at radius 3 is 2.92 bits per heavy atom. The standard InChI is InChI=1S/C17H17N5O2S.ClH/c1-10(2)24-16-12(6-18)7-20-14-4-3-11(5-13(14)16)8-25-9-15(23)21-17(25)22-19;/h3-5,7-8,10H,9,19H2,1-2H3,(H,21,22,23);1H. The van der Waals surface area contributed by atoms with Gasteiger partial charge in [0.2, 0.25) is 5.91 Å². The second-order valence-corrected chi connectivity index (χ2v) is 7.50. The fraction of sp³-hybridized carbons (Fsp3) is 0.235. The number of nitrogens with one attached hydrogen (secondary N) is 1. The Morgan fingerprint density at radius 1 is 1.50 bits per heavy atom. The number of ether oxygens (including phenoxy) is 1. The monoisotopic (exact) mass is 391 g/mol. The summed E-state index contributed by atoms with van der Waals surface area (Å²) in [6, 6.07) is 7.80. The predicted octanol–water partition coefficient (Wildman–Crippen LogP) is 2.09. The zero-order chi connectivity index (χ0) is 18.0.